The Morgan fingerprint density at radius 2 is 1.92 bits per heavy atom. The maximum Gasteiger partial charge on any atom is 0.416 e. The second-order valence-corrected chi connectivity index (χ2v) is 5.94. The number of fused-ring (bicyclic) bond motifs is 1. The Morgan fingerprint density at radius 3 is 2.64 bits per heavy atom. The number of alkyl halides is 3. The van der Waals surface area contributed by atoms with E-state index in [0.717, 1.165) is 11.6 Å². The van der Waals surface area contributed by atoms with Gasteiger partial charge < -0.3 is 4.90 Å². The summed E-state index contributed by atoms with van der Waals surface area (Å²) in [5, 5.41) is 7.46. The standard InChI is InChI=1S/C18H16F3N3O/c1-11-7-8-15-13(9-11)16(23-22-15)17(25)24(2)10-12-5-3-4-6-14(12)18(19,20)21/h3-9H,10H2,1-2H3,(H,22,23). The van der Waals surface area contributed by atoms with E-state index in [1.807, 2.05) is 25.1 Å². The molecular weight excluding hydrogens is 331 g/mol. The highest BCUT2D eigenvalue weighted by Gasteiger charge is 2.33. The van der Waals surface area contributed by atoms with E-state index in [1.54, 1.807) is 0 Å². The lowest BCUT2D eigenvalue weighted by Crippen LogP contribution is -2.28. The molecule has 3 aromatic rings. The topological polar surface area (TPSA) is 49.0 Å². The van der Waals surface area contributed by atoms with Gasteiger partial charge in [-0.2, -0.15) is 18.3 Å². The van der Waals surface area contributed by atoms with Crippen LogP contribution in [0.4, 0.5) is 13.2 Å². The molecule has 0 spiro atoms. The van der Waals surface area contributed by atoms with Crippen molar-refractivity contribution in [2.24, 2.45) is 0 Å². The smallest absolute Gasteiger partial charge is 0.336 e. The number of carbonyl (C=O) groups is 1. The Balaban J connectivity index is 1.90. The van der Waals surface area contributed by atoms with Crippen molar-refractivity contribution in [1.82, 2.24) is 15.1 Å². The van der Waals surface area contributed by atoms with Crippen LogP contribution >= 0.6 is 0 Å². The summed E-state index contributed by atoms with van der Waals surface area (Å²) >= 11 is 0. The third-order valence-electron chi connectivity index (χ3n) is 4.00. The third kappa shape index (κ3) is 3.35. The molecule has 1 heterocycles. The molecule has 0 unspecified atom stereocenters. The minimum absolute atomic E-state index is 0.0434. The zero-order valence-corrected chi connectivity index (χ0v) is 13.7. The molecule has 0 aliphatic rings. The SMILES string of the molecule is Cc1ccc2[nH]nc(C(=O)N(C)Cc3ccccc3C(F)(F)F)c2c1. The summed E-state index contributed by atoms with van der Waals surface area (Å²) in [6.45, 7) is 1.73. The van der Waals surface area contributed by atoms with E-state index in [9.17, 15) is 18.0 Å². The Bertz CT molecular complexity index is 931. The molecule has 0 radical (unpaired) electrons. The maximum absolute atomic E-state index is 13.1. The summed E-state index contributed by atoms with van der Waals surface area (Å²) in [6.07, 6.45) is -4.46. The lowest BCUT2D eigenvalue weighted by atomic mass is 10.1. The number of rotatable bonds is 3. The number of benzene rings is 2. The van der Waals surface area contributed by atoms with Crippen LogP contribution in [0.2, 0.25) is 0 Å². The van der Waals surface area contributed by atoms with Gasteiger partial charge in [-0.05, 0) is 30.7 Å². The van der Waals surface area contributed by atoms with Crippen LogP contribution < -0.4 is 0 Å². The van der Waals surface area contributed by atoms with E-state index >= 15 is 0 Å². The van der Waals surface area contributed by atoms with E-state index in [4.69, 9.17) is 0 Å². The molecule has 0 fully saturated rings. The van der Waals surface area contributed by atoms with Gasteiger partial charge in [0.1, 0.15) is 0 Å². The van der Waals surface area contributed by atoms with Gasteiger partial charge in [0.2, 0.25) is 0 Å². The van der Waals surface area contributed by atoms with Gasteiger partial charge in [0, 0.05) is 19.0 Å². The van der Waals surface area contributed by atoms with Gasteiger partial charge in [0.05, 0.1) is 11.1 Å². The van der Waals surface area contributed by atoms with Gasteiger partial charge >= 0.3 is 6.18 Å². The lowest BCUT2D eigenvalue weighted by molar-refractivity contribution is -0.138. The quantitative estimate of drug-likeness (QED) is 0.773. The number of nitrogens with zero attached hydrogens (tertiary/aromatic N) is 2. The van der Waals surface area contributed by atoms with Gasteiger partial charge in [0.25, 0.3) is 5.91 Å². The first kappa shape index (κ1) is 17.0. The van der Waals surface area contributed by atoms with E-state index in [2.05, 4.69) is 10.2 Å². The minimum Gasteiger partial charge on any atom is -0.336 e. The van der Waals surface area contributed by atoms with Gasteiger partial charge in [-0.3, -0.25) is 9.89 Å². The summed E-state index contributed by atoms with van der Waals surface area (Å²) in [6, 6.07) is 10.8. The van der Waals surface area contributed by atoms with Gasteiger partial charge in [0.15, 0.2) is 5.69 Å². The number of H-pyrrole nitrogens is 1. The molecular formula is C18H16F3N3O. The first-order chi connectivity index (χ1) is 11.8. The van der Waals surface area contributed by atoms with Gasteiger partial charge in [-0.15, -0.1) is 0 Å². The van der Waals surface area contributed by atoms with Crippen LogP contribution in [0.3, 0.4) is 0 Å². The van der Waals surface area contributed by atoms with Crippen LogP contribution in [0.15, 0.2) is 42.5 Å². The highest BCUT2D eigenvalue weighted by molar-refractivity contribution is 6.04. The molecule has 1 N–H and O–H groups in total. The van der Waals surface area contributed by atoms with Crippen LogP contribution in [0.1, 0.15) is 27.2 Å². The molecule has 1 aromatic heterocycles. The molecule has 130 valence electrons. The average Bonchev–Trinajstić information content (AvgIpc) is 2.96. The Labute approximate surface area is 142 Å². The first-order valence-electron chi connectivity index (χ1n) is 7.62. The van der Waals surface area contributed by atoms with Crippen LogP contribution in [-0.2, 0) is 12.7 Å². The van der Waals surface area contributed by atoms with E-state index in [1.165, 1.54) is 30.1 Å². The highest BCUT2D eigenvalue weighted by atomic mass is 19.4. The monoisotopic (exact) mass is 347 g/mol. The predicted molar refractivity (Wildman–Crippen MR) is 88.1 cm³/mol. The molecule has 0 bridgehead atoms. The lowest BCUT2D eigenvalue weighted by Gasteiger charge is -2.19. The van der Waals surface area contributed by atoms with Crippen molar-refractivity contribution in [2.75, 3.05) is 7.05 Å². The molecule has 2 aromatic carbocycles. The number of hydrogen-bond acceptors (Lipinski definition) is 2. The van der Waals surface area contributed by atoms with Crippen molar-refractivity contribution in [3.63, 3.8) is 0 Å². The Hall–Kier alpha value is -2.83. The molecule has 3 rings (SSSR count). The fourth-order valence-electron chi connectivity index (χ4n) is 2.73. The predicted octanol–water partition coefficient (Wildman–Crippen LogP) is 4.16. The molecule has 4 nitrogen and oxygen atoms in total. The highest BCUT2D eigenvalue weighted by Crippen LogP contribution is 2.32. The summed E-state index contributed by atoms with van der Waals surface area (Å²) < 4.78 is 39.3. The second kappa shape index (κ2) is 6.23. The first-order valence-corrected chi connectivity index (χ1v) is 7.62. The van der Waals surface area contributed by atoms with E-state index in [-0.39, 0.29) is 17.8 Å². The minimum atomic E-state index is -4.46. The second-order valence-electron chi connectivity index (χ2n) is 5.94. The molecule has 0 aliphatic heterocycles. The zero-order valence-electron chi connectivity index (χ0n) is 13.7. The fourth-order valence-corrected chi connectivity index (χ4v) is 2.73. The van der Waals surface area contributed by atoms with Crippen LogP contribution in [0.25, 0.3) is 10.9 Å². The number of aromatic nitrogens is 2. The van der Waals surface area contributed by atoms with Crippen molar-refractivity contribution in [2.45, 2.75) is 19.6 Å². The average molecular weight is 347 g/mol. The molecule has 25 heavy (non-hydrogen) atoms. The number of amides is 1. The number of nitrogens with one attached hydrogen (secondary N) is 1. The number of hydrogen-bond donors (Lipinski definition) is 1. The normalized spacial score (nSPS) is 11.7. The third-order valence-corrected chi connectivity index (χ3v) is 4.00. The summed E-state index contributed by atoms with van der Waals surface area (Å²) in [5.41, 5.74) is 1.18. The van der Waals surface area contributed by atoms with Crippen molar-refractivity contribution in [1.29, 1.82) is 0 Å². The molecule has 7 heteroatoms. The summed E-state index contributed by atoms with van der Waals surface area (Å²) in [7, 11) is 1.46. The number of carbonyl (C=O) groups excluding carboxylic acids is 1. The zero-order chi connectivity index (χ0) is 18.2. The summed E-state index contributed by atoms with van der Waals surface area (Å²) in [5.74, 6) is -0.436. The largest absolute Gasteiger partial charge is 0.416 e. The van der Waals surface area contributed by atoms with Crippen molar-refractivity contribution in [3.8, 4) is 0 Å². The maximum atomic E-state index is 13.1. The van der Waals surface area contributed by atoms with Crippen molar-refractivity contribution < 1.29 is 18.0 Å². The van der Waals surface area contributed by atoms with Crippen LogP contribution in [-0.4, -0.2) is 28.1 Å². The molecule has 0 atom stereocenters. The Morgan fingerprint density at radius 1 is 1.20 bits per heavy atom. The molecule has 0 saturated carbocycles. The number of aromatic amines is 1. The van der Waals surface area contributed by atoms with Crippen molar-refractivity contribution >= 4 is 16.8 Å². The van der Waals surface area contributed by atoms with Gasteiger partial charge in [-0.1, -0.05) is 29.8 Å². The molecule has 1 amide bonds. The number of aryl methyl sites for hydroxylation is 1. The summed E-state index contributed by atoms with van der Waals surface area (Å²) in [4.78, 5) is 13.9. The van der Waals surface area contributed by atoms with Crippen LogP contribution in [0.5, 0.6) is 0 Å². The molecule has 0 aliphatic carbocycles. The number of halogens is 3. The van der Waals surface area contributed by atoms with E-state index in [0.29, 0.717) is 10.9 Å². The molecule has 0 saturated heterocycles. The van der Waals surface area contributed by atoms with Crippen molar-refractivity contribution in [3.05, 3.63) is 64.8 Å². The Kier molecular flexibility index (Phi) is 4.24. The fraction of sp³-hybridized carbons (Fsp3) is 0.222. The van der Waals surface area contributed by atoms with E-state index < -0.39 is 17.6 Å². The van der Waals surface area contributed by atoms with Gasteiger partial charge in [-0.25, -0.2) is 0 Å². The van der Waals surface area contributed by atoms with Crippen LogP contribution in [0, 0.1) is 6.92 Å².